The summed E-state index contributed by atoms with van der Waals surface area (Å²) < 4.78 is 15.3. The highest BCUT2D eigenvalue weighted by Gasteiger charge is 2.29. The van der Waals surface area contributed by atoms with Crippen LogP contribution in [-0.4, -0.2) is 39.7 Å². The predicted octanol–water partition coefficient (Wildman–Crippen LogP) is 3.60. The topological polar surface area (TPSA) is 41.3 Å². The summed E-state index contributed by atoms with van der Waals surface area (Å²) in [5, 5.41) is 11.1. The van der Waals surface area contributed by atoms with Crippen molar-refractivity contribution in [2.45, 2.75) is 25.5 Å². The molecule has 5 heteroatoms. The highest BCUT2D eigenvalue weighted by molar-refractivity contribution is 5.76. The molecule has 136 valence electrons. The number of nitrogens with zero attached hydrogens (tertiary/aromatic N) is 3. The summed E-state index contributed by atoms with van der Waals surface area (Å²) in [4.78, 5) is 7.04. The van der Waals surface area contributed by atoms with Crippen molar-refractivity contribution < 1.29 is 9.50 Å². The summed E-state index contributed by atoms with van der Waals surface area (Å²) in [6.07, 6.45) is 1.35. The maximum absolute atomic E-state index is 13.2. The summed E-state index contributed by atoms with van der Waals surface area (Å²) in [5.74, 6) is 0.691. The van der Waals surface area contributed by atoms with E-state index in [0.29, 0.717) is 12.4 Å². The lowest BCUT2D eigenvalue weighted by Gasteiger charge is -2.31. The Bertz CT molecular complexity index is 882. The lowest BCUT2D eigenvalue weighted by atomic mass is 9.91. The van der Waals surface area contributed by atoms with Crippen LogP contribution in [0.2, 0.25) is 0 Å². The lowest BCUT2D eigenvalue weighted by Crippen LogP contribution is -2.33. The fraction of sp³-hybridized carbons (Fsp3) is 0.381. The van der Waals surface area contributed by atoms with Crippen molar-refractivity contribution in [2.24, 2.45) is 5.92 Å². The Labute approximate surface area is 152 Å². The molecule has 1 N–H and O–H groups in total. The number of imidazole rings is 1. The van der Waals surface area contributed by atoms with Gasteiger partial charge in [0.1, 0.15) is 17.7 Å². The second-order valence-corrected chi connectivity index (χ2v) is 7.26. The number of fused-ring (bicyclic) bond motifs is 1. The fourth-order valence-corrected chi connectivity index (χ4v) is 3.81. The van der Waals surface area contributed by atoms with Crippen molar-refractivity contribution in [1.29, 1.82) is 0 Å². The number of para-hydroxylation sites is 2. The van der Waals surface area contributed by atoms with Gasteiger partial charge in [-0.25, -0.2) is 9.37 Å². The first-order valence-corrected chi connectivity index (χ1v) is 9.18. The van der Waals surface area contributed by atoms with Crippen LogP contribution in [0.1, 0.15) is 30.3 Å². The number of halogens is 1. The Kier molecular flexibility index (Phi) is 4.74. The van der Waals surface area contributed by atoms with Crippen molar-refractivity contribution in [3.8, 4) is 0 Å². The standard InChI is InChI=1S/C21H24FN3O/c1-24-12-10-16(11-13-24)20(26)21-23-18-4-2-3-5-19(18)25(21)14-15-6-8-17(22)9-7-15/h2-9,16,20,26H,10-14H2,1H3. The smallest absolute Gasteiger partial charge is 0.139 e. The Morgan fingerprint density at radius 3 is 2.54 bits per heavy atom. The summed E-state index contributed by atoms with van der Waals surface area (Å²) in [7, 11) is 2.12. The second kappa shape index (κ2) is 7.17. The predicted molar refractivity (Wildman–Crippen MR) is 100 cm³/mol. The van der Waals surface area contributed by atoms with Gasteiger partial charge in [0.05, 0.1) is 11.0 Å². The van der Waals surface area contributed by atoms with Crippen LogP contribution >= 0.6 is 0 Å². The van der Waals surface area contributed by atoms with Gasteiger partial charge in [-0.3, -0.25) is 0 Å². The van der Waals surface area contributed by atoms with Crippen LogP contribution in [0, 0.1) is 11.7 Å². The molecule has 0 bridgehead atoms. The lowest BCUT2D eigenvalue weighted by molar-refractivity contribution is 0.0573. The van der Waals surface area contributed by atoms with Crippen LogP contribution in [0.4, 0.5) is 4.39 Å². The molecule has 1 unspecified atom stereocenters. The molecule has 1 fully saturated rings. The molecule has 1 atom stereocenters. The maximum atomic E-state index is 13.2. The van der Waals surface area contributed by atoms with E-state index < -0.39 is 6.10 Å². The van der Waals surface area contributed by atoms with Gasteiger partial charge in [0.2, 0.25) is 0 Å². The van der Waals surface area contributed by atoms with E-state index >= 15 is 0 Å². The first kappa shape index (κ1) is 17.2. The highest BCUT2D eigenvalue weighted by Crippen LogP contribution is 2.32. The molecule has 0 saturated carbocycles. The van der Waals surface area contributed by atoms with Gasteiger partial charge in [-0.1, -0.05) is 24.3 Å². The Balaban J connectivity index is 1.70. The minimum Gasteiger partial charge on any atom is -0.385 e. The zero-order valence-electron chi connectivity index (χ0n) is 15.0. The number of likely N-dealkylation sites (tertiary alicyclic amines) is 1. The monoisotopic (exact) mass is 353 g/mol. The molecule has 1 saturated heterocycles. The normalized spacial score (nSPS) is 17.7. The van der Waals surface area contributed by atoms with E-state index in [1.54, 1.807) is 12.1 Å². The van der Waals surface area contributed by atoms with Gasteiger partial charge in [0.25, 0.3) is 0 Å². The molecule has 0 spiro atoms. The van der Waals surface area contributed by atoms with Crippen molar-refractivity contribution in [1.82, 2.24) is 14.5 Å². The number of rotatable bonds is 4. The van der Waals surface area contributed by atoms with Crippen LogP contribution in [0.3, 0.4) is 0 Å². The zero-order valence-corrected chi connectivity index (χ0v) is 15.0. The molecule has 1 aliphatic heterocycles. The number of hydrogen-bond donors (Lipinski definition) is 1. The third kappa shape index (κ3) is 3.37. The number of hydrogen-bond acceptors (Lipinski definition) is 3. The van der Waals surface area contributed by atoms with Gasteiger partial charge in [-0.15, -0.1) is 0 Å². The molecule has 2 heterocycles. The van der Waals surface area contributed by atoms with Crippen molar-refractivity contribution in [3.05, 3.63) is 65.7 Å². The molecule has 1 aliphatic rings. The molecule has 0 amide bonds. The second-order valence-electron chi connectivity index (χ2n) is 7.26. The van der Waals surface area contributed by atoms with E-state index in [2.05, 4.69) is 16.5 Å². The number of aliphatic hydroxyl groups is 1. The third-order valence-corrected chi connectivity index (χ3v) is 5.41. The number of aromatic nitrogens is 2. The third-order valence-electron chi connectivity index (χ3n) is 5.41. The molecule has 2 aromatic carbocycles. The Morgan fingerprint density at radius 1 is 1.12 bits per heavy atom. The molecule has 26 heavy (non-hydrogen) atoms. The van der Waals surface area contributed by atoms with Crippen molar-refractivity contribution in [3.63, 3.8) is 0 Å². The van der Waals surface area contributed by atoms with Gasteiger partial charge < -0.3 is 14.6 Å². The summed E-state index contributed by atoms with van der Waals surface area (Å²) in [6.45, 7) is 2.57. The summed E-state index contributed by atoms with van der Waals surface area (Å²) in [5.41, 5.74) is 2.88. The van der Waals surface area contributed by atoms with Gasteiger partial charge in [0, 0.05) is 6.54 Å². The largest absolute Gasteiger partial charge is 0.385 e. The quantitative estimate of drug-likeness (QED) is 0.779. The van der Waals surface area contributed by atoms with E-state index in [4.69, 9.17) is 4.98 Å². The van der Waals surface area contributed by atoms with Crippen LogP contribution in [0.25, 0.3) is 11.0 Å². The fourth-order valence-electron chi connectivity index (χ4n) is 3.81. The number of benzene rings is 2. The van der Waals surface area contributed by atoms with Gasteiger partial charge in [-0.05, 0) is 68.7 Å². The van der Waals surface area contributed by atoms with E-state index in [9.17, 15) is 9.50 Å². The van der Waals surface area contributed by atoms with Crippen molar-refractivity contribution in [2.75, 3.05) is 20.1 Å². The maximum Gasteiger partial charge on any atom is 0.139 e. The number of aliphatic hydroxyl groups excluding tert-OH is 1. The van der Waals surface area contributed by atoms with E-state index in [1.165, 1.54) is 12.1 Å². The van der Waals surface area contributed by atoms with Gasteiger partial charge in [-0.2, -0.15) is 0 Å². The van der Waals surface area contributed by atoms with Gasteiger partial charge in [0.15, 0.2) is 0 Å². The molecule has 0 aliphatic carbocycles. The molecule has 3 aromatic rings. The molecule has 0 radical (unpaired) electrons. The first-order chi connectivity index (χ1) is 12.6. The van der Waals surface area contributed by atoms with Crippen molar-refractivity contribution >= 4 is 11.0 Å². The first-order valence-electron chi connectivity index (χ1n) is 9.18. The number of piperidine rings is 1. The van der Waals surface area contributed by atoms with E-state index in [0.717, 1.165) is 42.5 Å². The van der Waals surface area contributed by atoms with Crippen LogP contribution in [0.15, 0.2) is 48.5 Å². The summed E-state index contributed by atoms with van der Waals surface area (Å²) in [6, 6.07) is 14.5. The highest BCUT2D eigenvalue weighted by atomic mass is 19.1. The SMILES string of the molecule is CN1CCC(C(O)c2nc3ccccc3n2Cc2ccc(F)cc2)CC1. The van der Waals surface area contributed by atoms with Crippen LogP contribution in [-0.2, 0) is 6.54 Å². The molecular formula is C21H24FN3O. The van der Waals surface area contributed by atoms with Gasteiger partial charge >= 0.3 is 0 Å². The Morgan fingerprint density at radius 2 is 1.81 bits per heavy atom. The minimum atomic E-state index is -0.587. The summed E-state index contributed by atoms with van der Waals surface area (Å²) >= 11 is 0. The van der Waals surface area contributed by atoms with Crippen LogP contribution < -0.4 is 0 Å². The average molecular weight is 353 g/mol. The minimum absolute atomic E-state index is 0.218. The molecule has 4 rings (SSSR count). The average Bonchev–Trinajstić information content (AvgIpc) is 3.02. The molecule has 1 aromatic heterocycles. The molecule has 4 nitrogen and oxygen atoms in total. The Hall–Kier alpha value is -2.24. The zero-order chi connectivity index (χ0) is 18.1. The molecular weight excluding hydrogens is 329 g/mol. The van der Waals surface area contributed by atoms with Crippen LogP contribution in [0.5, 0.6) is 0 Å². The van der Waals surface area contributed by atoms with E-state index in [1.807, 2.05) is 24.3 Å². The van der Waals surface area contributed by atoms with E-state index in [-0.39, 0.29) is 11.7 Å².